The molecule has 8 heteroatoms. The van der Waals surface area contributed by atoms with Crippen LogP contribution in [-0.4, -0.2) is 65.2 Å². The molecule has 31 heavy (non-hydrogen) atoms. The van der Waals surface area contributed by atoms with Crippen molar-refractivity contribution in [3.05, 3.63) is 78.4 Å². The summed E-state index contributed by atoms with van der Waals surface area (Å²) in [5.74, 6) is -0.0392. The lowest BCUT2D eigenvalue weighted by molar-refractivity contribution is -0.294. The number of hydrogen-bond donors (Lipinski definition) is 3. The molecule has 1 aliphatic heterocycles. The second-order valence-electron chi connectivity index (χ2n) is 7.03. The van der Waals surface area contributed by atoms with Crippen LogP contribution >= 0.6 is 0 Å². The van der Waals surface area contributed by atoms with Crippen molar-refractivity contribution in [1.29, 1.82) is 0 Å². The summed E-state index contributed by atoms with van der Waals surface area (Å²) in [5, 5.41) is 30.3. The molecule has 2 aromatic carbocycles. The van der Waals surface area contributed by atoms with Crippen LogP contribution in [0, 0.1) is 0 Å². The van der Waals surface area contributed by atoms with Crippen molar-refractivity contribution in [1.82, 2.24) is 0 Å². The molecule has 1 saturated heterocycles. The molecule has 8 nitrogen and oxygen atoms in total. The summed E-state index contributed by atoms with van der Waals surface area (Å²) in [6, 6.07) is 16.1. The summed E-state index contributed by atoms with van der Waals surface area (Å²) in [5.41, 5.74) is 1.31. The summed E-state index contributed by atoms with van der Waals surface area (Å²) in [6.45, 7) is 3.60. The normalized spacial score (nSPS) is 25.6. The van der Waals surface area contributed by atoms with Gasteiger partial charge in [-0.3, -0.25) is 0 Å². The van der Waals surface area contributed by atoms with Crippen LogP contribution in [0.2, 0.25) is 0 Å². The summed E-state index contributed by atoms with van der Waals surface area (Å²) in [4.78, 5) is 12.3. The molecule has 0 saturated carbocycles. The van der Waals surface area contributed by atoms with Gasteiger partial charge in [-0.05, 0) is 29.8 Å². The Morgan fingerprint density at radius 3 is 2.42 bits per heavy atom. The van der Waals surface area contributed by atoms with E-state index in [1.54, 1.807) is 24.3 Å². The highest BCUT2D eigenvalue weighted by atomic mass is 16.7. The molecule has 1 fully saturated rings. The van der Waals surface area contributed by atoms with E-state index in [-0.39, 0.29) is 18.8 Å². The average Bonchev–Trinajstić information content (AvgIpc) is 2.80. The Hall–Kier alpha value is -2.75. The van der Waals surface area contributed by atoms with Crippen LogP contribution in [0.1, 0.15) is 15.9 Å². The maximum Gasteiger partial charge on any atom is 0.338 e. The molecule has 166 valence electrons. The second-order valence-corrected chi connectivity index (χ2v) is 7.03. The minimum absolute atomic E-state index is 0.0690. The van der Waals surface area contributed by atoms with Crippen molar-refractivity contribution in [2.45, 2.75) is 37.3 Å². The maximum atomic E-state index is 12.3. The molecule has 0 aliphatic carbocycles. The standard InChI is InChI=1S/C23H26O8/c1-2-12-28-21-20(25)19(24)18(31-23(21)27)14-30-22(26)16-8-10-17(11-9-16)29-13-15-6-4-3-5-7-15/h2-11,18-21,23-25,27H,1,12-14H2/t18-,19-,20+,21-,23+/m1/s1. The number of esters is 1. The van der Waals surface area contributed by atoms with E-state index in [9.17, 15) is 20.1 Å². The number of rotatable bonds is 9. The Kier molecular flexibility index (Phi) is 8.16. The molecule has 3 N–H and O–H groups in total. The number of ether oxygens (including phenoxy) is 4. The van der Waals surface area contributed by atoms with Gasteiger partial charge in [0.2, 0.25) is 0 Å². The SMILES string of the molecule is C=CCO[C@@H]1[C@@H](O)[C@H](O)[C@@H](COC(=O)c2ccc(OCc3ccccc3)cc2)O[C@@H]1O. The highest BCUT2D eigenvalue weighted by Crippen LogP contribution is 2.23. The number of carbonyl (C=O) groups excluding carboxylic acids is 1. The van der Waals surface area contributed by atoms with Gasteiger partial charge in [-0.1, -0.05) is 36.4 Å². The quantitative estimate of drug-likeness (QED) is 0.404. The van der Waals surface area contributed by atoms with Crippen molar-refractivity contribution in [2.24, 2.45) is 0 Å². The molecule has 0 unspecified atom stereocenters. The minimum atomic E-state index is -1.48. The first kappa shape index (κ1) is 22.9. The van der Waals surface area contributed by atoms with Gasteiger partial charge in [0.05, 0.1) is 12.2 Å². The lowest BCUT2D eigenvalue weighted by atomic mass is 9.99. The molecular weight excluding hydrogens is 404 g/mol. The third kappa shape index (κ3) is 6.13. The van der Waals surface area contributed by atoms with Crippen molar-refractivity contribution < 1.29 is 39.1 Å². The van der Waals surface area contributed by atoms with Crippen LogP contribution in [0.25, 0.3) is 0 Å². The Bertz CT molecular complexity index is 838. The molecule has 3 rings (SSSR count). The van der Waals surface area contributed by atoms with Crippen molar-refractivity contribution in [3.63, 3.8) is 0 Å². The second kappa shape index (κ2) is 11.0. The topological polar surface area (TPSA) is 115 Å². The van der Waals surface area contributed by atoms with Gasteiger partial charge in [-0.2, -0.15) is 0 Å². The summed E-state index contributed by atoms with van der Waals surface area (Å²) in [7, 11) is 0. The Morgan fingerprint density at radius 1 is 1.03 bits per heavy atom. The van der Waals surface area contributed by atoms with E-state index in [4.69, 9.17) is 18.9 Å². The average molecular weight is 430 g/mol. The van der Waals surface area contributed by atoms with E-state index in [2.05, 4.69) is 6.58 Å². The molecule has 1 aliphatic rings. The zero-order valence-corrected chi connectivity index (χ0v) is 16.9. The van der Waals surface area contributed by atoms with Crippen LogP contribution in [0.5, 0.6) is 5.75 Å². The lowest BCUT2D eigenvalue weighted by Gasteiger charge is -2.39. The van der Waals surface area contributed by atoms with E-state index in [0.29, 0.717) is 12.4 Å². The highest BCUT2D eigenvalue weighted by molar-refractivity contribution is 5.89. The monoisotopic (exact) mass is 430 g/mol. The first-order valence-electron chi connectivity index (χ1n) is 9.85. The molecule has 0 spiro atoms. The van der Waals surface area contributed by atoms with Gasteiger partial charge >= 0.3 is 5.97 Å². The fourth-order valence-electron chi connectivity index (χ4n) is 3.09. The summed E-state index contributed by atoms with van der Waals surface area (Å²) in [6.07, 6.45) is -5.09. The molecule has 0 amide bonds. The third-order valence-corrected chi connectivity index (χ3v) is 4.79. The molecule has 0 aromatic heterocycles. The first-order chi connectivity index (χ1) is 15.0. The summed E-state index contributed by atoms with van der Waals surface area (Å²) < 4.78 is 21.3. The third-order valence-electron chi connectivity index (χ3n) is 4.79. The van der Waals surface area contributed by atoms with Crippen LogP contribution in [0.3, 0.4) is 0 Å². The van der Waals surface area contributed by atoms with Crippen LogP contribution in [0.15, 0.2) is 67.3 Å². The molecule has 5 atom stereocenters. The highest BCUT2D eigenvalue weighted by Gasteiger charge is 2.45. The molecular formula is C23H26O8. The lowest BCUT2D eigenvalue weighted by Crippen LogP contribution is -2.59. The Balaban J connectivity index is 1.49. The maximum absolute atomic E-state index is 12.3. The van der Waals surface area contributed by atoms with E-state index < -0.39 is 36.7 Å². The van der Waals surface area contributed by atoms with Gasteiger partial charge in [0.1, 0.15) is 43.4 Å². The largest absolute Gasteiger partial charge is 0.489 e. The van der Waals surface area contributed by atoms with Crippen LogP contribution < -0.4 is 4.74 Å². The van der Waals surface area contributed by atoms with Gasteiger partial charge in [0.25, 0.3) is 0 Å². The van der Waals surface area contributed by atoms with Crippen molar-refractivity contribution >= 4 is 5.97 Å². The Morgan fingerprint density at radius 2 is 1.74 bits per heavy atom. The van der Waals surface area contributed by atoms with Gasteiger partial charge in [0.15, 0.2) is 6.29 Å². The molecule has 1 heterocycles. The van der Waals surface area contributed by atoms with Gasteiger partial charge < -0.3 is 34.3 Å². The van der Waals surface area contributed by atoms with Gasteiger partial charge in [-0.25, -0.2) is 4.79 Å². The zero-order chi connectivity index (χ0) is 22.2. The zero-order valence-electron chi connectivity index (χ0n) is 16.9. The van der Waals surface area contributed by atoms with E-state index in [1.165, 1.54) is 6.08 Å². The van der Waals surface area contributed by atoms with Crippen LogP contribution in [0.4, 0.5) is 0 Å². The smallest absolute Gasteiger partial charge is 0.338 e. The molecule has 0 radical (unpaired) electrons. The Labute approximate surface area is 180 Å². The van der Waals surface area contributed by atoms with Crippen LogP contribution in [-0.2, 0) is 20.8 Å². The number of aliphatic hydroxyl groups is 3. The predicted molar refractivity (Wildman–Crippen MR) is 110 cm³/mol. The minimum Gasteiger partial charge on any atom is -0.489 e. The van der Waals surface area contributed by atoms with E-state index in [1.807, 2.05) is 30.3 Å². The first-order valence-corrected chi connectivity index (χ1v) is 9.85. The van der Waals surface area contributed by atoms with E-state index in [0.717, 1.165) is 5.56 Å². The fourth-order valence-corrected chi connectivity index (χ4v) is 3.09. The van der Waals surface area contributed by atoms with Gasteiger partial charge in [0, 0.05) is 0 Å². The van der Waals surface area contributed by atoms with Crippen molar-refractivity contribution in [2.75, 3.05) is 13.2 Å². The molecule has 0 bridgehead atoms. The fraction of sp³-hybridized carbons (Fsp3) is 0.348. The predicted octanol–water partition coefficient (Wildman–Crippen LogP) is 1.43. The van der Waals surface area contributed by atoms with Crippen molar-refractivity contribution in [3.8, 4) is 5.75 Å². The number of aliphatic hydroxyl groups excluding tert-OH is 3. The van der Waals surface area contributed by atoms with E-state index >= 15 is 0 Å². The van der Waals surface area contributed by atoms with Gasteiger partial charge in [-0.15, -0.1) is 6.58 Å². The number of benzene rings is 2. The molecule has 2 aromatic rings. The number of hydrogen-bond acceptors (Lipinski definition) is 8. The summed E-state index contributed by atoms with van der Waals surface area (Å²) >= 11 is 0. The number of carbonyl (C=O) groups is 1.